The van der Waals surface area contributed by atoms with Crippen LogP contribution in [0, 0.1) is 11.6 Å². The van der Waals surface area contributed by atoms with Crippen molar-refractivity contribution < 1.29 is 28.1 Å². The summed E-state index contributed by atoms with van der Waals surface area (Å²) in [5.74, 6) is -0.420. The number of ether oxygens (including phenoxy) is 3. The van der Waals surface area contributed by atoms with Gasteiger partial charge in [-0.25, -0.2) is 8.78 Å². The number of halogens is 2. The predicted molar refractivity (Wildman–Crippen MR) is 107 cm³/mol. The first-order chi connectivity index (χ1) is 13.8. The van der Waals surface area contributed by atoms with Gasteiger partial charge in [-0.05, 0) is 57.0 Å². The van der Waals surface area contributed by atoms with E-state index in [9.17, 15) is 13.9 Å². The van der Waals surface area contributed by atoms with Crippen molar-refractivity contribution in [2.75, 3.05) is 19.8 Å². The number of benzene rings is 2. The Hall–Kier alpha value is -2.22. The molecule has 2 aromatic rings. The van der Waals surface area contributed by atoms with E-state index in [1.165, 1.54) is 24.3 Å². The summed E-state index contributed by atoms with van der Waals surface area (Å²) in [5.41, 5.74) is 0.983. The van der Waals surface area contributed by atoms with Gasteiger partial charge in [-0.1, -0.05) is 12.1 Å². The Bertz CT molecular complexity index is 738. The van der Waals surface area contributed by atoms with Crippen LogP contribution in [0.1, 0.15) is 26.3 Å². The molecule has 5 nitrogen and oxygen atoms in total. The van der Waals surface area contributed by atoms with Crippen LogP contribution in [0.5, 0.6) is 11.5 Å². The van der Waals surface area contributed by atoms with Gasteiger partial charge in [0.15, 0.2) is 17.8 Å². The molecule has 29 heavy (non-hydrogen) atoms. The van der Waals surface area contributed by atoms with E-state index in [1.54, 1.807) is 25.1 Å². The molecule has 0 aliphatic heterocycles. The summed E-state index contributed by atoms with van der Waals surface area (Å²) in [7, 11) is 0. The number of hydrogen-bond donors (Lipinski definition) is 2. The Morgan fingerprint density at radius 3 is 2.31 bits per heavy atom. The van der Waals surface area contributed by atoms with Gasteiger partial charge in [0.2, 0.25) is 0 Å². The van der Waals surface area contributed by atoms with Crippen LogP contribution in [0.25, 0.3) is 0 Å². The Morgan fingerprint density at radius 1 is 0.966 bits per heavy atom. The molecular formula is C22H29F2NO4. The van der Waals surface area contributed by atoms with Crippen LogP contribution >= 0.6 is 0 Å². The summed E-state index contributed by atoms with van der Waals surface area (Å²) in [6.07, 6.45) is -0.741. The van der Waals surface area contributed by atoms with Crippen molar-refractivity contribution >= 4 is 0 Å². The molecule has 0 spiro atoms. The molecular weight excluding hydrogens is 380 g/mol. The van der Waals surface area contributed by atoms with Gasteiger partial charge < -0.3 is 19.3 Å². The molecule has 0 saturated carbocycles. The fourth-order valence-corrected chi connectivity index (χ4v) is 2.57. The average Bonchev–Trinajstić information content (AvgIpc) is 2.66. The van der Waals surface area contributed by atoms with E-state index >= 15 is 0 Å². The summed E-state index contributed by atoms with van der Waals surface area (Å²) in [6.45, 7) is 6.43. The summed E-state index contributed by atoms with van der Waals surface area (Å²) in [6, 6.07) is 10.7. The number of rotatable bonds is 12. The van der Waals surface area contributed by atoms with Gasteiger partial charge in [0.05, 0.1) is 13.2 Å². The zero-order chi connectivity index (χ0) is 21.2. The predicted octanol–water partition coefficient (Wildman–Crippen LogP) is 3.69. The van der Waals surface area contributed by atoms with E-state index in [4.69, 9.17) is 14.2 Å². The van der Waals surface area contributed by atoms with Gasteiger partial charge in [0.25, 0.3) is 0 Å². The standard InChI is InChI=1S/C22H29F2NO4/c1-15(2)25-22(16(3)26)29-19-8-9-21(20(24)14-19)28-13-12-27-11-10-17-4-6-18(23)7-5-17/h4-9,14-16,22,25-26H,10-13H2,1-3H3. The first-order valence-corrected chi connectivity index (χ1v) is 9.70. The quantitative estimate of drug-likeness (QED) is 0.414. The van der Waals surface area contributed by atoms with E-state index in [0.29, 0.717) is 25.4 Å². The van der Waals surface area contributed by atoms with E-state index in [-0.39, 0.29) is 24.2 Å². The zero-order valence-corrected chi connectivity index (χ0v) is 17.0. The van der Waals surface area contributed by atoms with Crippen LogP contribution < -0.4 is 14.8 Å². The highest BCUT2D eigenvalue weighted by Gasteiger charge is 2.18. The lowest BCUT2D eigenvalue weighted by Gasteiger charge is -2.25. The third kappa shape index (κ3) is 8.35. The van der Waals surface area contributed by atoms with Crippen molar-refractivity contribution in [2.45, 2.75) is 45.6 Å². The van der Waals surface area contributed by atoms with Crippen LogP contribution in [0.4, 0.5) is 8.78 Å². The van der Waals surface area contributed by atoms with Crippen molar-refractivity contribution in [2.24, 2.45) is 0 Å². The van der Waals surface area contributed by atoms with Gasteiger partial charge in [-0.15, -0.1) is 0 Å². The van der Waals surface area contributed by atoms with Crippen LogP contribution in [0.15, 0.2) is 42.5 Å². The highest BCUT2D eigenvalue weighted by molar-refractivity contribution is 5.33. The van der Waals surface area contributed by atoms with Crippen LogP contribution in [0.2, 0.25) is 0 Å². The molecule has 160 valence electrons. The lowest BCUT2D eigenvalue weighted by Crippen LogP contribution is -2.46. The van der Waals surface area contributed by atoms with Crippen molar-refractivity contribution in [3.05, 3.63) is 59.7 Å². The number of aliphatic hydroxyl groups is 1. The Labute approximate surface area is 170 Å². The monoisotopic (exact) mass is 409 g/mol. The molecule has 0 aliphatic rings. The summed E-state index contributed by atoms with van der Waals surface area (Å²) in [5, 5.41) is 12.9. The van der Waals surface area contributed by atoms with Gasteiger partial charge in [0, 0.05) is 12.1 Å². The molecule has 0 radical (unpaired) electrons. The highest BCUT2D eigenvalue weighted by atomic mass is 19.1. The van der Waals surface area contributed by atoms with Gasteiger partial charge >= 0.3 is 0 Å². The lowest BCUT2D eigenvalue weighted by atomic mass is 10.2. The normalized spacial score (nSPS) is 13.3. The molecule has 0 aromatic heterocycles. The highest BCUT2D eigenvalue weighted by Crippen LogP contribution is 2.23. The first-order valence-electron chi connectivity index (χ1n) is 9.70. The molecule has 0 fully saturated rings. The zero-order valence-electron chi connectivity index (χ0n) is 17.0. The molecule has 0 amide bonds. The van der Waals surface area contributed by atoms with Crippen LogP contribution in [-0.4, -0.2) is 43.3 Å². The Kier molecular flexibility index (Phi) is 9.31. The van der Waals surface area contributed by atoms with E-state index in [1.807, 2.05) is 13.8 Å². The second-order valence-electron chi connectivity index (χ2n) is 7.03. The summed E-state index contributed by atoms with van der Waals surface area (Å²) < 4.78 is 43.6. The smallest absolute Gasteiger partial charge is 0.176 e. The molecule has 2 unspecified atom stereocenters. The Balaban J connectivity index is 1.73. The van der Waals surface area contributed by atoms with E-state index < -0.39 is 18.1 Å². The third-order valence-electron chi connectivity index (χ3n) is 4.04. The molecule has 2 atom stereocenters. The maximum Gasteiger partial charge on any atom is 0.176 e. The molecule has 7 heteroatoms. The SMILES string of the molecule is CC(C)NC(Oc1ccc(OCCOCCc2ccc(F)cc2)c(F)c1)C(C)O. The fraction of sp³-hybridized carbons (Fsp3) is 0.455. The van der Waals surface area contributed by atoms with Crippen molar-refractivity contribution in [1.82, 2.24) is 5.32 Å². The van der Waals surface area contributed by atoms with Crippen molar-refractivity contribution in [3.8, 4) is 11.5 Å². The maximum atomic E-state index is 14.2. The molecule has 0 bridgehead atoms. The summed E-state index contributed by atoms with van der Waals surface area (Å²) in [4.78, 5) is 0. The number of nitrogens with one attached hydrogen (secondary N) is 1. The van der Waals surface area contributed by atoms with Gasteiger partial charge in [-0.3, -0.25) is 5.32 Å². The number of aliphatic hydroxyl groups excluding tert-OH is 1. The molecule has 0 heterocycles. The molecule has 2 N–H and O–H groups in total. The van der Waals surface area contributed by atoms with Crippen LogP contribution in [-0.2, 0) is 11.2 Å². The second-order valence-corrected chi connectivity index (χ2v) is 7.03. The molecule has 2 rings (SSSR count). The first kappa shape index (κ1) is 23.1. The van der Waals surface area contributed by atoms with Crippen molar-refractivity contribution in [3.63, 3.8) is 0 Å². The fourth-order valence-electron chi connectivity index (χ4n) is 2.57. The van der Waals surface area contributed by atoms with Gasteiger partial charge in [0.1, 0.15) is 24.3 Å². The van der Waals surface area contributed by atoms with Crippen molar-refractivity contribution in [1.29, 1.82) is 0 Å². The molecule has 0 saturated heterocycles. The minimum atomic E-state index is -0.761. The third-order valence-corrected chi connectivity index (χ3v) is 4.04. The lowest BCUT2D eigenvalue weighted by molar-refractivity contribution is 0.0215. The van der Waals surface area contributed by atoms with Crippen LogP contribution in [0.3, 0.4) is 0 Å². The van der Waals surface area contributed by atoms with E-state index in [0.717, 1.165) is 5.56 Å². The summed E-state index contributed by atoms with van der Waals surface area (Å²) >= 11 is 0. The average molecular weight is 409 g/mol. The minimum absolute atomic E-state index is 0.102. The largest absolute Gasteiger partial charge is 0.488 e. The maximum absolute atomic E-state index is 14.2. The molecule has 0 aliphatic carbocycles. The van der Waals surface area contributed by atoms with E-state index in [2.05, 4.69) is 5.32 Å². The minimum Gasteiger partial charge on any atom is -0.488 e. The Morgan fingerprint density at radius 2 is 1.69 bits per heavy atom. The second kappa shape index (κ2) is 11.7. The number of hydrogen-bond acceptors (Lipinski definition) is 5. The van der Waals surface area contributed by atoms with Gasteiger partial charge in [-0.2, -0.15) is 0 Å². The topological polar surface area (TPSA) is 60.0 Å². The molecule has 2 aromatic carbocycles.